The van der Waals surface area contributed by atoms with Crippen LogP contribution in [-0.4, -0.2) is 22.8 Å². The van der Waals surface area contributed by atoms with Crippen molar-refractivity contribution in [1.82, 2.24) is 15.5 Å². The first-order valence-electron chi connectivity index (χ1n) is 5.73. The highest BCUT2D eigenvalue weighted by Crippen LogP contribution is 2.24. The van der Waals surface area contributed by atoms with E-state index in [2.05, 4.69) is 22.4 Å². The van der Waals surface area contributed by atoms with Crippen molar-refractivity contribution in [1.29, 1.82) is 0 Å². The fourth-order valence-corrected chi connectivity index (χ4v) is 2.38. The molecule has 2 rings (SSSR count). The first-order valence-corrected chi connectivity index (χ1v) is 5.73. The molecule has 1 saturated carbocycles. The molecule has 0 amide bonds. The highest BCUT2D eigenvalue weighted by molar-refractivity contribution is 5.14. The maximum atomic E-state index is 5.74. The lowest BCUT2D eigenvalue weighted by Gasteiger charge is -2.19. The number of hydrogen-bond donors (Lipinski definition) is 3. The van der Waals surface area contributed by atoms with Crippen LogP contribution in [0.3, 0.4) is 0 Å². The highest BCUT2D eigenvalue weighted by Gasteiger charge is 2.25. The topological polar surface area (TPSA) is 66.7 Å². The second-order valence-electron chi connectivity index (χ2n) is 4.43. The third kappa shape index (κ3) is 2.38. The van der Waals surface area contributed by atoms with E-state index in [1.807, 2.05) is 6.20 Å². The van der Waals surface area contributed by atoms with Gasteiger partial charge in [0.1, 0.15) is 0 Å². The van der Waals surface area contributed by atoms with Crippen molar-refractivity contribution in [2.45, 2.75) is 38.8 Å². The Morgan fingerprint density at radius 2 is 2.47 bits per heavy atom. The van der Waals surface area contributed by atoms with Crippen LogP contribution in [0.15, 0.2) is 6.20 Å². The van der Waals surface area contributed by atoms with Crippen LogP contribution in [0.1, 0.15) is 30.5 Å². The van der Waals surface area contributed by atoms with E-state index >= 15 is 0 Å². The molecule has 0 aromatic carbocycles. The van der Waals surface area contributed by atoms with Crippen LogP contribution in [0.2, 0.25) is 0 Å². The zero-order chi connectivity index (χ0) is 10.7. The van der Waals surface area contributed by atoms with E-state index < -0.39 is 0 Å². The molecule has 2 unspecified atom stereocenters. The van der Waals surface area contributed by atoms with E-state index in [0.717, 1.165) is 18.8 Å². The van der Waals surface area contributed by atoms with Gasteiger partial charge in [-0.15, -0.1) is 0 Å². The number of hydrogen-bond acceptors (Lipinski definition) is 3. The lowest BCUT2D eigenvalue weighted by Crippen LogP contribution is -2.35. The van der Waals surface area contributed by atoms with Crippen molar-refractivity contribution >= 4 is 0 Å². The van der Waals surface area contributed by atoms with Crippen LogP contribution in [0.5, 0.6) is 0 Å². The summed E-state index contributed by atoms with van der Waals surface area (Å²) in [5.41, 5.74) is 8.16. The Labute approximate surface area is 90.6 Å². The molecule has 1 aromatic heterocycles. The normalized spacial score (nSPS) is 26.0. The van der Waals surface area contributed by atoms with Crippen molar-refractivity contribution in [3.8, 4) is 0 Å². The smallest absolute Gasteiger partial charge is 0.0535 e. The summed E-state index contributed by atoms with van der Waals surface area (Å²) in [5.74, 6) is 0.664. The summed E-state index contributed by atoms with van der Waals surface area (Å²) in [6.07, 6.45) is 5.75. The number of nitrogens with one attached hydrogen (secondary N) is 2. The first-order chi connectivity index (χ1) is 7.31. The molecule has 1 heterocycles. The van der Waals surface area contributed by atoms with E-state index in [-0.39, 0.29) is 0 Å². The van der Waals surface area contributed by atoms with Gasteiger partial charge in [-0.25, -0.2) is 0 Å². The number of H-pyrrole nitrogens is 1. The molecule has 4 nitrogen and oxygen atoms in total. The van der Waals surface area contributed by atoms with Gasteiger partial charge in [-0.3, -0.25) is 5.10 Å². The van der Waals surface area contributed by atoms with Gasteiger partial charge in [-0.2, -0.15) is 5.10 Å². The third-order valence-electron chi connectivity index (χ3n) is 3.45. The molecular weight excluding hydrogens is 188 g/mol. The molecule has 0 bridgehead atoms. The van der Waals surface area contributed by atoms with Crippen LogP contribution in [0, 0.1) is 12.8 Å². The second-order valence-corrected chi connectivity index (χ2v) is 4.43. The summed E-state index contributed by atoms with van der Waals surface area (Å²) in [5, 5.41) is 10.6. The average molecular weight is 208 g/mol. The molecule has 1 aliphatic rings. The Morgan fingerprint density at radius 1 is 1.60 bits per heavy atom. The fourth-order valence-electron chi connectivity index (χ4n) is 2.38. The molecule has 2 atom stereocenters. The first kappa shape index (κ1) is 10.6. The third-order valence-corrected chi connectivity index (χ3v) is 3.45. The molecular formula is C11H20N4. The zero-order valence-corrected chi connectivity index (χ0v) is 9.29. The molecule has 0 aliphatic heterocycles. The van der Waals surface area contributed by atoms with Crippen LogP contribution in [0.25, 0.3) is 0 Å². The average Bonchev–Trinajstić information content (AvgIpc) is 2.83. The molecule has 1 aromatic rings. The van der Waals surface area contributed by atoms with Gasteiger partial charge in [-0.1, -0.05) is 6.42 Å². The van der Waals surface area contributed by atoms with Gasteiger partial charge in [0.05, 0.1) is 6.20 Å². The van der Waals surface area contributed by atoms with Crippen molar-refractivity contribution < 1.29 is 0 Å². The second kappa shape index (κ2) is 4.77. The Morgan fingerprint density at radius 3 is 3.13 bits per heavy atom. The quantitative estimate of drug-likeness (QED) is 0.689. The lowest BCUT2D eigenvalue weighted by molar-refractivity contribution is 0.406. The van der Waals surface area contributed by atoms with Crippen LogP contribution < -0.4 is 11.1 Å². The number of aromatic amines is 1. The molecule has 15 heavy (non-hydrogen) atoms. The Kier molecular flexibility index (Phi) is 3.38. The Bertz CT molecular complexity index is 307. The van der Waals surface area contributed by atoms with Crippen molar-refractivity contribution in [3.05, 3.63) is 17.5 Å². The molecule has 1 fully saturated rings. The van der Waals surface area contributed by atoms with Gasteiger partial charge < -0.3 is 11.1 Å². The SMILES string of the molecule is Cc1[nH]ncc1CNC1CCCC1CN. The number of nitrogens with two attached hydrogens (primary N) is 1. The van der Waals surface area contributed by atoms with Crippen LogP contribution >= 0.6 is 0 Å². The van der Waals surface area contributed by atoms with Gasteiger partial charge in [-0.05, 0) is 32.2 Å². The summed E-state index contributed by atoms with van der Waals surface area (Å²) in [6.45, 7) is 3.77. The minimum Gasteiger partial charge on any atom is -0.330 e. The molecule has 4 heteroatoms. The number of aryl methyl sites for hydroxylation is 1. The van der Waals surface area contributed by atoms with Crippen LogP contribution in [0.4, 0.5) is 0 Å². The van der Waals surface area contributed by atoms with E-state index in [1.165, 1.54) is 24.8 Å². The van der Waals surface area contributed by atoms with Crippen molar-refractivity contribution in [2.75, 3.05) is 6.54 Å². The number of rotatable bonds is 4. The van der Waals surface area contributed by atoms with Gasteiger partial charge in [0.15, 0.2) is 0 Å². The Balaban J connectivity index is 1.85. The summed E-state index contributed by atoms with van der Waals surface area (Å²) < 4.78 is 0. The van der Waals surface area contributed by atoms with Crippen LogP contribution in [-0.2, 0) is 6.54 Å². The standard InChI is InChI=1S/C11H20N4/c1-8-10(7-14-15-8)6-13-11-4-2-3-9(11)5-12/h7,9,11,13H,2-6,12H2,1H3,(H,14,15). The summed E-state index contributed by atoms with van der Waals surface area (Å²) in [4.78, 5) is 0. The predicted molar refractivity (Wildman–Crippen MR) is 60.3 cm³/mol. The molecule has 84 valence electrons. The summed E-state index contributed by atoms with van der Waals surface area (Å²) in [7, 11) is 0. The van der Waals surface area contributed by atoms with E-state index in [1.54, 1.807) is 0 Å². The van der Waals surface area contributed by atoms with Crippen molar-refractivity contribution in [2.24, 2.45) is 11.7 Å². The zero-order valence-electron chi connectivity index (χ0n) is 9.29. The number of aromatic nitrogens is 2. The van der Waals surface area contributed by atoms with Gasteiger partial charge >= 0.3 is 0 Å². The maximum Gasteiger partial charge on any atom is 0.0535 e. The lowest BCUT2D eigenvalue weighted by atomic mass is 10.0. The molecule has 4 N–H and O–H groups in total. The maximum absolute atomic E-state index is 5.74. The molecule has 0 saturated heterocycles. The monoisotopic (exact) mass is 208 g/mol. The van der Waals surface area contributed by atoms with E-state index in [0.29, 0.717) is 12.0 Å². The number of nitrogens with zero attached hydrogens (tertiary/aromatic N) is 1. The van der Waals surface area contributed by atoms with Crippen molar-refractivity contribution in [3.63, 3.8) is 0 Å². The summed E-state index contributed by atoms with van der Waals surface area (Å²) in [6, 6.07) is 0.601. The minimum atomic E-state index is 0.601. The predicted octanol–water partition coefficient (Wildman–Crippen LogP) is 0.935. The van der Waals surface area contributed by atoms with Gasteiger partial charge in [0.25, 0.3) is 0 Å². The van der Waals surface area contributed by atoms with E-state index in [9.17, 15) is 0 Å². The molecule has 0 spiro atoms. The Hall–Kier alpha value is -0.870. The van der Waals surface area contributed by atoms with Gasteiger partial charge in [0, 0.05) is 23.8 Å². The molecule has 1 aliphatic carbocycles. The van der Waals surface area contributed by atoms with Gasteiger partial charge in [0.2, 0.25) is 0 Å². The fraction of sp³-hybridized carbons (Fsp3) is 0.727. The summed E-state index contributed by atoms with van der Waals surface area (Å²) >= 11 is 0. The largest absolute Gasteiger partial charge is 0.330 e. The molecule has 0 radical (unpaired) electrons. The minimum absolute atomic E-state index is 0.601. The highest BCUT2D eigenvalue weighted by atomic mass is 15.1. The van der Waals surface area contributed by atoms with E-state index in [4.69, 9.17) is 5.73 Å².